The maximum Gasteiger partial charge on any atom is 0.192 e. The van der Waals surface area contributed by atoms with Crippen LogP contribution in [0.5, 0.6) is 0 Å². The molecule has 2 aromatic rings. The average Bonchev–Trinajstić information content (AvgIpc) is 2.90. The maximum absolute atomic E-state index is 5.90. The minimum absolute atomic E-state index is 0. The summed E-state index contributed by atoms with van der Waals surface area (Å²) >= 11 is 5.90. The number of hydrogen-bond donors (Lipinski definition) is 2. The summed E-state index contributed by atoms with van der Waals surface area (Å²) in [5.74, 6) is 2.42. The molecule has 138 valence electrons. The van der Waals surface area contributed by atoms with Crippen LogP contribution in [0.15, 0.2) is 29.3 Å². The van der Waals surface area contributed by atoms with E-state index in [2.05, 4.69) is 25.8 Å². The molecule has 1 heterocycles. The molecule has 0 aliphatic rings. The highest BCUT2D eigenvalue weighted by atomic mass is 127. The summed E-state index contributed by atoms with van der Waals surface area (Å²) in [7, 11) is 3.61. The van der Waals surface area contributed by atoms with E-state index >= 15 is 0 Å². The maximum atomic E-state index is 5.90. The first-order chi connectivity index (χ1) is 11.6. The molecule has 25 heavy (non-hydrogen) atoms. The molecule has 0 amide bonds. The van der Waals surface area contributed by atoms with Crippen molar-refractivity contribution in [3.05, 3.63) is 46.5 Å². The topological polar surface area (TPSA) is 76.4 Å². The number of halogens is 2. The third kappa shape index (κ3) is 7.17. The Morgan fingerprint density at radius 2 is 1.96 bits per heavy atom. The van der Waals surface area contributed by atoms with Crippen molar-refractivity contribution in [3.63, 3.8) is 0 Å². The quantitative estimate of drug-likeness (QED) is 0.276. The van der Waals surface area contributed by atoms with Crippen molar-refractivity contribution in [3.8, 4) is 0 Å². The van der Waals surface area contributed by atoms with Crippen LogP contribution in [0.3, 0.4) is 0 Å². The fourth-order valence-corrected chi connectivity index (χ4v) is 2.10. The minimum atomic E-state index is 0. The average molecular weight is 479 g/mol. The highest BCUT2D eigenvalue weighted by Crippen LogP contribution is 2.10. The normalized spacial score (nSPS) is 11.1. The zero-order valence-electron chi connectivity index (χ0n) is 14.6. The molecule has 0 saturated heterocycles. The summed E-state index contributed by atoms with van der Waals surface area (Å²) in [6, 6.07) is 7.65. The van der Waals surface area contributed by atoms with E-state index in [0.29, 0.717) is 32.2 Å². The highest BCUT2D eigenvalue weighted by Gasteiger charge is 2.06. The van der Waals surface area contributed by atoms with Crippen molar-refractivity contribution in [2.75, 3.05) is 20.3 Å². The molecule has 0 atom stereocenters. The Kier molecular flexibility index (Phi) is 9.76. The van der Waals surface area contributed by atoms with Crippen LogP contribution < -0.4 is 10.6 Å². The number of nitrogens with zero attached hydrogens (tertiary/aromatic N) is 4. The number of benzene rings is 1. The van der Waals surface area contributed by atoms with E-state index in [1.807, 2.05) is 42.8 Å². The van der Waals surface area contributed by atoms with E-state index in [0.717, 1.165) is 22.2 Å². The summed E-state index contributed by atoms with van der Waals surface area (Å²) < 4.78 is 7.01. The molecule has 0 aliphatic heterocycles. The first-order valence-electron chi connectivity index (χ1n) is 7.70. The van der Waals surface area contributed by atoms with Crippen molar-refractivity contribution < 1.29 is 4.74 Å². The second kappa shape index (κ2) is 11.3. The lowest BCUT2D eigenvalue weighted by molar-refractivity contribution is 0.203. The Morgan fingerprint density at radius 1 is 1.24 bits per heavy atom. The van der Waals surface area contributed by atoms with Crippen LogP contribution in [-0.2, 0) is 24.9 Å². The van der Waals surface area contributed by atoms with Gasteiger partial charge in [0.15, 0.2) is 11.8 Å². The smallest absolute Gasteiger partial charge is 0.192 e. The molecule has 1 aromatic carbocycles. The van der Waals surface area contributed by atoms with Gasteiger partial charge in [-0.3, -0.25) is 0 Å². The number of aliphatic imine (C=N–C) groups is 1. The molecular formula is C16H24ClIN6O. The summed E-state index contributed by atoms with van der Waals surface area (Å²) in [5, 5.41) is 15.4. The number of rotatable bonds is 7. The van der Waals surface area contributed by atoms with Crippen LogP contribution in [0, 0.1) is 6.92 Å². The van der Waals surface area contributed by atoms with Gasteiger partial charge in [0, 0.05) is 25.7 Å². The predicted molar refractivity (Wildman–Crippen MR) is 110 cm³/mol. The zero-order valence-corrected chi connectivity index (χ0v) is 17.7. The molecule has 0 aliphatic carbocycles. The molecule has 0 spiro atoms. The molecule has 2 N–H and O–H groups in total. The molecule has 0 unspecified atom stereocenters. The van der Waals surface area contributed by atoms with E-state index in [1.165, 1.54) is 0 Å². The van der Waals surface area contributed by atoms with Crippen molar-refractivity contribution in [1.82, 2.24) is 25.4 Å². The summed E-state index contributed by atoms with van der Waals surface area (Å²) in [4.78, 5) is 4.59. The number of aryl methyl sites for hydroxylation is 1. The minimum Gasteiger partial charge on any atom is -0.383 e. The van der Waals surface area contributed by atoms with E-state index in [-0.39, 0.29) is 24.0 Å². The van der Waals surface area contributed by atoms with Crippen LogP contribution >= 0.6 is 35.6 Å². The van der Waals surface area contributed by atoms with Gasteiger partial charge in [0.2, 0.25) is 0 Å². The molecule has 7 nitrogen and oxygen atoms in total. The number of guanidine groups is 1. The molecule has 0 fully saturated rings. The largest absolute Gasteiger partial charge is 0.383 e. The van der Waals surface area contributed by atoms with Crippen LogP contribution in [0.2, 0.25) is 5.02 Å². The summed E-state index contributed by atoms with van der Waals surface area (Å²) in [6.45, 7) is 4.28. The van der Waals surface area contributed by atoms with Gasteiger partial charge < -0.3 is 19.9 Å². The molecule has 0 bridgehead atoms. The van der Waals surface area contributed by atoms with Gasteiger partial charge >= 0.3 is 0 Å². The Labute approximate surface area is 170 Å². The Morgan fingerprint density at radius 3 is 2.56 bits per heavy atom. The monoisotopic (exact) mass is 478 g/mol. The molecule has 9 heteroatoms. The van der Waals surface area contributed by atoms with E-state index in [9.17, 15) is 0 Å². The number of nitrogens with one attached hydrogen (secondary N) is 2. The predicted octanol–water partition coefficient (Wildman–Crippen LogP) is 2.28. The van der Waals surface area contributed by atoms with Crippen LogP contribution in [-0.4, -0.2) is 41.0 Å². The number of hydrogen-bond acceptors (Lipinski definition) is 4. The van der Waals surface area contributed by atoms with Crippen LogP contribution in [0.25, 0.3) is 0 Å². The molecular weight excluding hydrogens is 455 g/mol. The van der Waals surface area contributed by atoms with E-state index in [4.69, 9.17) is 16.3 Å². The first-order valence-corrected chi connectivity index (χ1v) is 8.08. The third-order valence-corrected chi connectivity index (χ3v) is 3.78. The van der Waals surface area contributed by atoms with Gasteiger partial charge in [-0.25, -0.2) is 4.99 Å². The van der Waals surface area contributed by atoms with E-state index in [1.54, 1.807) is 7.11 Å². The fourth-order valence-electron chi connectivity index (χ4n) is 1.97. The van der Waals surface area contributed by atoms with Gasteiger partial charge in [-0.1, -0.05) is 23.7 Å². The van der Waals surface area contributed by atoms with Gasteiger partial charge in [-0.15, -0.1) is 34.2 Å². The summed E-state index contributed by atoms with van der Waals surface area (Å²) in [6.07, 6.45) is 0. The SMILES string of the molecule is COCCNC(=NCc1ccc(Cl)cc1)NCc1nnc(C)n1C.I. The van der Waals surface area contributed by atoms with Gasteiger partial charge in [-0.05, 0) is 24.6 Å². The molecule has 0 saturated carbocycles. The lowest BCUT2D eigenvalue weighted by Gasteiger charge is -2.12. The van der Waals surface area contributed by atoms with Gasteiger partial charge in [0.05, 0.1) is 19.7 Å². The van der Waals surface area contributed by atoms with Crippen molar-refractivity contribution >= 4 is 41.5 Å². The Balaban J connectivity index is 0.00000312. The second-order valence-corrected chi connectivity index (χ2v) is 5.72. The highest BCUT2D eigenvalue weighted by molar-refractivity contribution is 14.0. The molecule has 0 radical (unpaired) electrons. The Bertz CT molecular complexity index is 674. The van der Waals surface area contributed by atoms with Gasteiger partial charge in [-0.2, -0.15) is 0 Å². The fraction of sp³-hybridized carbons (Fsp3) is 0.438. The number of aromatic nitrogens is 3. The standard InChI is InChI=1S/C16H23ClN6O.HI/c1-12-21-22-15(23(12)2)11-20-16(18-8-9-24-3)19-10-13-4-6-14(17)7-5-13;/h4-7H,8-11H2,1-3H3,(H2,18,19,20);1H. The van der Waals surface area contributed by atoms with Gasteiger partial charge in [0.25, 0.3) is 0 Å². The van der Waals surface area contributed by atoms with E-state index < -0.39 is 0 Å². The summed E-state index contributed by atoms with van der Waals surface area (Å²) in [5.41, 5.74) is 1.08. The van der Waals surface area contributed by atoms with Crippen molar-refractivity contribution in [2.45, 2.75) is 20.0 Å². The van der Waals surface area contributed by atoms with Crippen molar-refractivity contribution in [1.29, 1.82) is 0 Å². The molecule has 1 aromatic heterocycles. The lowest BCUT2D eigenvalue weighted by Crippen LogP contribution is -2.39. The Hall–Kier alpha value is -1.39. The zero-order chi connectivity index (χ0) is 17.4. The van der Waals surface area contributed by atoms with Crippen LogP contribution in [0.1, 0.15) is 17.2 Å². The third-order valence-electron chi connectivity index (χ3n) is 3.53. The van der Waals surface area contributed by atoms with Crippen LogP contribution in [0.4, 0.5) is 0 Å². The first kappa shape index (κ1) is 21.7. The van der Waals surface area contributed by atoms with Crippen molar-refractivity contribution in [2.24, 2.45) is 12.0 Å². The molecule has 2 rings (SSSR count). The van der Waals surface area contributed by atoms with Gasteiger partial charge in [0.1, 0.15) is 5.82 Å². The number of ether oxygens (including phenoxy) is 1. The number of methoxy groups -OCH3 is 1. The second-order valence-electron chi connectivity index (χ2n) is 5.29. The lowest BCUT2D eigenvalue weighted by atomic mass is 10.2.